The molecule has 1 heterocycles. The van der Waals surface area contributed by atoms with Crippen molar-refractivity contribution in [3.05, 3.63) is 46.6 Å². The van der Waals surface area contributed by atoms with E-state index in [1.807, 2.05) is 0 Å². The summed E-state index contributed by atoms with van der Waals surface area (Å²) in [5.41, 5.74) is 6.92. The lowest BCUT2D eigenvalue weighted by Gasteiger charge is -2.28. The minimum absolute atomic E-state index is 0.0426. The van der Waals surface area contributed by atoms with Crippen LogP contribution in [0, 0.1) is 17.2 Å². The van der Waals surface area contributed by atoms with Gasteiger partial charge in [0.15, 0.2) is 11.5 Å². The van der Waals surface area contributed by atoms with Crippen LogP contribution >= 0.6 is 0 Å². The Kier molecular flexibility index (Phi) is 7.54. The second-order valence-electron chi connectivity index (χ2n) is 7.02. The Bertz CT molecular complexity index is 864. The summed E-state index contributed by atoms with van der Waals surface area (Å²) in [6.45, 7) is 8.21. The first-order chi connectivity index (χ1) is 13.8. The lowest BCUT2D eigenvalue weighted by Crippen LogP contribution is -2.26. The quantitative estimate of drug-likeness (QED) is 0.663. The fourth-order valence-electron chi connectivity index (χ4n) is 3.14. The van der Waals surface area contributed by atoms with Crippen molar-refractivity contribution in [3.8, 4) is 17.6 Å². The van der Waals surface area contributed by atoms with Crippen molar-refractivity contribution in [1.82, 2.24) is 0 Å². The molecule has 0 saturated heterocycles. The van der Waals surface area contributed by atoms with Crippen LogP contribution < -0.4 is 15.2 Å². The van der Waals surface area contributed by atoms with Crippen molar-refractivity contribution in [2.45, 2.75) is 40.0 Å². The molecule has 0 spiro atoms. The fraction of sp³-hybridized carbons (Fsp3) is 0.455. The second-order valence-corrected chi connectivity index (χ2v) is 7.02. The van der Waals surface area contributed by atoms with Gasteiger partial charge in [0.2, 0.25) is 5.88 Å². The van der Waals surface area contributed by atoms with Crippen LogP contribution in [0.2, 0.25) is 0 Å². The number of rotatable bonds is 8. The lowest BCUT2D eigenvalue weighted by molar-refractivity contribution is -0.139. The molecule has 7 heteroatoms. The average molecular weight is 400 g/mol. The summed E-state index contributed by atoms with van der Waals surface area (Å²) in [6.07, 6.45) is 0.841. The first kappa shape index (κ1) is 22.2. The molecule has 0 bridgehead atoms. The van der Waals surface area contributed by atoms with Crippen LogP contribution in [0.3, 0.4) is 0 Å². The standard InChI is InChI=1S/C22H28N2O5/c1-6-27-22(25)18-14(4)29-21(24)16(12-23)19(18)15-8-7-9-17(26-5)20(15)28-11-10-13(2)3/h7-9,13,19H,6,10-11,24H2,1-5H3. The van der Waals surface area contributed by atoms with Crippen LogP contribution in [-0.2, 0) is 14.3 Å². The Balaban J connectivity index is 2.64. The monoisotopic (exact) mass is 400 g/mol. The minimum atomic E-state index is -0.781. The molecule has 1 unspecified atom stereocenters. The first-order valence-corrected chi connectivity index (χ1v) is 9.60. The molecule has 2 rings (SSSR count). The molecule has 156 valence electrons. The smallest absolute Gasteiger partial charge is 0.338 e. The zero-order valence-corrected chi connectivity index (χ0v) is 17.6. The number of hydrogen-bond donors (Lipinski definition) is 1. The van der Waals surface area contributed by atoms with Gasteiger partial charge in [0.05, 0.1) is 31.8 Å². The number of carbonyl (C=O) groups is 1. The van der Waals surface area contributed by atoms with Crippen molar-refractivity contribution in [2.75, 3.05) is 20.3 Å². The van der Waals surface area contributed by atoms with E-state index in [1.165, 1.54) is 0 Å². The fourth-order valence-corrected chi connectivity index (χ4v) is 3.14. The maximum atomic E-state index is 12.7. The molecule has 0 radical (unpaired) electrons. The van der Waals surface area contributed by atoms with Gasteiger partial charge in [0.1, 0.15) is 17.4 Å². The van der Waals surface area contributed by atoms with E-state index in [0.717, 1.165) is 6.42 Å². The molecule has 0 aromatic heterocycles. The molecule has 0 amide bonds. The highest BCUT2D eigenvalue weighted by Gasteiger charge is 2.38. The van der Waals surface area contributed by atoms with Gasteiger partial charge in [-0.15, -0.1) is 0 Å². The highest BCUT2D eigenvalue weighted by molar-refractivity contribution is 5.93. The number of nitrogens with two attached hydrogens (primary N) is 1. The molecule has 1 aromatic rings. The molecule has 0 saturated carbocycles. The maximum absolute atomic E-state index is 12.7. The summed E-state index contributed by atoms with van der Waals surface area (Å²) < 4.78 is 22.2. The molecule has 7 nitrogen and oxygen atoms in total. The molecule has 1 atom stereocenters. The van der Waals surface area contributed by atoms with Crippen LogP contribution in [0.4, 0.5) is 0 Å². The van der Waals surface area contributed by atoms with Crippen LogP contribution in [0.1, 0.15) is 45.6 Å². The Morgan fingerprint density at radius 2 is 2.10 bits per heavy atom. The van der Waals surface area contributed by atoms with Gasteiger partial charge in [0, 0.05) is 5.56 Å². The van der Waals surface area contributed by atoms with E-state index >= 15 is 0 Å². The highest BCUT2D eigenvalue weighted by atomic mass is 16.5. The molecular weight excluding hydrogens is 372 g/mol. The summed E-state index contributed by atoms with van der Waals surface area (Å²) in [5, 5.41) is 9.76. The van der Waals surface area contributed by atoms with Crippen LogP contribution in [-0.4, -0.2) is 26.3 Å². The Morgan fingerprint density at radius 3 is 2.69 bits per heavy atom. The SMILES string of the molecule is CCOC(=O)C1=C(C)OC(N)=C(C#N)C1c1cccc(OC)c1OCCC(C)C. The van der Waals surface area contributed by atoms with Gasteiger partial charge in [-0.2, -0.15) is 5.26 Å². The number of methoxy groups -OCH3 is 1. The molecule has 1 aliphatic rings. The number of allylic oxidation sites excluding steroid dienone is 2. The van der Waals surface area contributed by atoms with Gasteiger partial charge in [-0.3, -0.25) is 0 Å². The maximum Gasteiger partial charge on any atom is 0.338 e. The van der Waals surface area contributed by atoms with E-state index in [-0.39, 0.29) is 23.6 Å². The van der Waals surface area contributed by atoms with E-state index in [0.29, 0.717) is 35.3 Å². The second kappa shape index (κ2) is 9.87. The van der Waals surface area contributed by atoms with E-state index in [9.17, 15) is 10.1 Å². The summed E-state index contributed by atoms with van der Waals surface area (Å²) in [6, 6.07) is 7.42. The number of carbonyl (C=O) groups excluding carboxylic acids is 1. The molecule has 29 heavy (non-hydrogen) atoms. The first-order valence-electron chi connectivity index (χ1n) is 9.60. The number of nitriles is 1. The molecule has 2 N–H and O–H groups in total. The van der Waals surface area contributed by atoms with Gasteiger partial charge < -0.3 is 24.7 Å². The van der Waals surface area contributed by atoms with E-state index < -0.39 is 11.9 Å². The molecular formula is C22H28N2O5. The number of benzene rings is 1. The third kappa shape index (κ3) is 4.83. The van der Waals surface area contributed by atoms with E-state index in [4.69, 9.17) is 24.7 Å². The zero-order chi connectivity index (χ0) is 21.6. The number of ether oxygens (including phenoxy) is 4. The summed E-state index contributed by atoms with van der Waals surface area (Å²) in [4.78, 5) is 12.7. The zero-order valence-electron chi connectivity index (χ0n) is 17.6. The summed E-state index contributed by atoms with van der Waals surface area (Å²) in [5.74, 6) is 0.342. The van der Waals surface area contributed by atoms with Crippen molar-refractivity contribution < 1.29 is 23.7 Å². The van der Waals surface area contributed by atoms with Crippen molar-refractivity contribution in [1.29, 1.82) is 5.26 Å². The Morgan fingerprint density at radius 1 is 1.38 bits per heavy atom. The van der Waals surface area contributed by atoms with Gasteiger partial charge in [-0.1, -0.05) is 26.0 Å². The predicted molar refractivity (Wildman–Crippen MR) is 108 cm³/mol. The minimum Gasteiger partial charge on any atom is -0.493 e. The Hall–Kier alpha value is -3.14. The molecule has 0 aliphatic carbocycles. The lowest BCUT2D eigenvalue weighted by atomic mass is 9.82. The van der Waals surface area contributed by atoms with Gasteiger partial charge in [-0.25, -0.2) is 4.79 Å². The molecule has 1 aromatic carbocycles. The van der Waals surface area contributed by atoms with Crippen LogP contribution in [0.5, 0.6) is 11.5 Å². The van der Waals surface area contributed by atoms with Crippen molar-refractivity contribution >= 4 is 5.97 Å². The van der Waals surface area contributed by atoms with Gasteiger partial charge in [-0.05, 0) is 32.3 Å². The summed E-state index contributed by atoms with van der Waals surface area (Å²) in [7, 11) is 1.54. The number of nitrogens with zero attached hydrogens (tertiary/aromatic N) is 1. The highest BCUT2D eigenvalue weighted by Crippen LogP contribution is 2.45. The largest absolute Gasteiger partial charge is 0.493 e. The average Bonchev–Trinajstić information content (AvgIpc) is 2.67. The van der Waals surface area contributed by atoms with Crippen LogP contribution in [0.25, 0.3) is 0 Å². The third-order valence-electron chi connectivity index (χ3n) is 4.58. The molecule has 0 fully saturated rings. The number of esters is 1. The van der Waals surface area contributed by atoms with Gasteiger partial charge in [0.25, 0.3) is 0 Å². The molecule has 1 aliphatic heterocycles. The predicted octanol–water partition coefficient (Wildman–Crippen LogP) is 3.76. The number of para-hydroxylation sites is 1. The summed E-state index contributed by atoms with van der Waals surface area (Å²) >= 11 is 0. The topological polar surface area (TPSA) is 104 Å². The van der Waals surface area contributed by atoms with E-state index in [2.05, 4.69) is 19.9 Å². The number of hydrogen-bond acceptors (Lipinski definition) is 7. The van der Waals surface area contributed by atoms with Gasteiger partial charge >= 0.3 is 5.97 Å². The van der Waals surface area contributed by atoms with Crippen LogP contribution in [0.15, 0.2) is 41.0 Å². The van der Waals surface area contributed by atoms with Crippen molar-refractivity contribution in [2.24, 2.45) is 11.7 Å². The van der Waals surface area contributed by atoms with Crippen molar-refractivity contribution in [3.63, 3.8) is 0 Å². The Labute approximate surface area is 171 Å². The normalized spacial score (nSPS) is 16.4. The third-order valence-corrected chi connectivity index (χ3v) is 4.58. The van der Waals surface area contributed by atoms with E-state index in [1.54, 1.807) is 39.2 Å².